The Morgan fingerprint density at radius 3 is 2.79 bits per heavy atom. The molecule has 0 atom stereocenters. The van der Waals surface area contributed by atoms with Crippen LogP contribution in [0, 0.1) is 22.6 Å². The molecule has 0 aliphatic rings. The zero-order valence-corrected chi connectivity index (χ0v) is 11.8. The second-order valence-electron chi connectivity index (χ2n) is 5.25. The third-order valence-electron chi connectivity index (χ3n) is 2.91. The maximum absolute atomic E-state index is 13.2. The summed E-state index contributed by atoms with van der Waals surface area (Å²) in [5.41, 5.74) is 0.793. The van der Waals surface area contributed by atoms with E-state index in [4.69, 9.17) is 10.00 Å². The van der Waals surface area contributed by atoms with Crippen molar-refractivity contribution in [2.24, 2.45) is 5.41 Å². The van der Waals surface area contributed by atoms with E-state index in [2.05, 4.69) is 25.2 Å². The van der Waals surface area contributed by atoms with E-state index in [0.717, 1.165) is 12.1 Å². The molecule has 1 N–H and O–H groups in total. The van der Waals surface area contributed by atoms with Gasteiger partial charge in [0.1, 0.15) is 11.6 Å². The molecule has 1 aromatic carbocycles. The number of ether oxygens (including phenoxy) is 1. The van der Waals surface area contributed by atoms with E-state index >= 15 is 0 Å². The Labute approximate surface area is 114 Å². The lowest BCUT2D eigenvalue weighted by molar-refractivity contribution is 0.337. The predicted octanol–water partition coefficient (Wildman–Crippen LogP) is 3.97. The van der Waals surface area contributed by atoms with E-state index in [-0.39, 0.29) is 11.2 Å². The Bertz CT molecular complexity index is 452. The van der Waals surface area contributed by atoms with Gasteiger partial charge in [-0.05, 0) is 30.9 Å². The van der Waals surface area contributed by atoms with Gasteiger partial charge in [-0.2, -0.15) is 5.26 Å². The first kappa shape index (κ1) is 15.3. The van der Waals surface area contributed by atoms with Crippen LogP contribution in [0.15, 0.2) is 18.2 Å². The topological polar surface area (TPSA) is 45.0 Å². The number of rotatable bonds is 7. The average Bonchev–Trinajstić information content (AvgIpc) is 2.36. The fourth-order valence-electron chi connectivity index (χ4n) is 1.73. The molecule has 1 rings (SSSR count). The molecule has 0 fully saturated rings. The van der Waals surface area contributed by atoms with Crippen LogP contribution in [0.3, 0.4) is 0 Å². The summed E-state index contributed by atoms with van der Waals surface area (Å²) in [6, 6.07) is 6.63. The zero-order valence-electron chi connectivity index (χ0n) is 11.8. The number of nitrogens with one attached hydrogen (secondary N) is 1. The lowest BCUT2D eigenvalue weighted by Gasteiger charge is -2.25. The van der Waals surface area contributed by atoms with Gasteiger partial charge in [-0.15, -0.1) is 0 Å². The molecule has 0 aliphatic heterocycles. The van der Waals surface area contributed by atoms with Gasteiger partial charge in [-0.3, -0.25) is 0 Å². The summed E-state index contributed by atoms with van der Waals surface area (Å²) in [5.74, 6) is 0.219. The van der Waals surface area contributed by atoms with Crippen LogP contribution in [0.1, 0.15) is 33.6 Å². The molecule has 0 heterocycles. The van der Waals surface area contributed by atoms with Crippen LogP contribution in [-0.2, 0) is 0 Å². The Morgan fingerprint density at radius 2 is 2.16 bits per heavy atom. The number of nitrogens with zero attached hydrogens (tertiary/aromatic N) is 1. The van der Waals surface area contributed by atoms with Gasteiger partial charge < -0.3 is 10.1 Å². The fraction of sp³-hybridized carbons (Fsp3) is 0.533. The van der Waals surface area contributed by atoms with Crippen molar-refractivity contribution in [1.82, 2.24) is 0 Å². The summed E-state index contributed by atoms with van der Waals surface area (Å²) in [6.45, 7) is 7.27. The van der Waals surface area contributed by atoms with E-state index in [1.165, 1.54) is 12.1 Å². The molecule has 0 spiro atoms. The first-order chi connectivity index (χ1) is 8.98. The third kappa shape index (κ3) is 5.17. The number of nitriles is 1. The Morgan fingerprint density at radius 1 is 1.42 bits per heavy atom. The van der Waals surface area contributed by atoms with Gasteiger partial charge in [-0.1, -0.05) is 13.8 Å². The van der Waals surface area contributed by atoms with Gasteiger partial charge in [0.15, 0.2) is 0 Å². The van der Waals surface area contributed by atoms with Crippen molar-refractivity contribution in [2.75, 3.05) is 18.5 Å². The molecule has 0 aliphatic carbocycles. The molecular formula is C15H21FN2O. The van der Waals surface area contributed by atoms with Gasteiger partial charge in [0.25, 0.3) is 0 Å². The molecule has 0 saturated carbocycles. The molecule has 104 valence electrons. The van der Waals surface area contributed by atoms with Gasteiger partial charge in [0.05, 0.1) is 18.4 Å². The maximum Gasteiger partial charge on any atom is 0.145 e. The minimum Gasteiger partial charge on any atom is -0.492 e. The van der Waals surface area contributed by atoms with E-state index < -0.39 is 0 Å². The first-order valence-corrected chi connectivity index (χ1v) is 6.51. The minimum atomic E-state index is -0.308. The van der Waals surface area contributed by atoms with Gasteiger partial charge >= 0.3 is 0 Å². The molecule has 0 aromatic heterocycles. The smallest absolute Gasteiger partial charge is 0.145 e. The van der Waals surface area contributed by atoms with Crippen LogP contribution in [0.4, 0.5) is 10.1 Å². The molecular weight excluding hydrogens is 243 g/mol. The van der Waals surface area contributed by atoms with Crippen LogP contribution < -0.4 is 10.1 Å². The van der Waals surface area contributed by atoms with Crippen molar-refractivity contribution in [2.45, 2.75) is 33.6 Å². The fourth-order valence-corrected chi connectivity index (χ4v) is 1.73. The number of benzene rings is 1. The highest BCUT2D eigenvalue weighted by molar-refractivity contribution is 5.56. The van der Waals surface area contributed by atoms with Crippen LogP contribution >= 0.6 is 0 Å². The first-order valence-electron chi connectivity index (χ1n) is 6.51. The SMILES string of the molecule is CCOc1cc(F)ccc1NCC(C)(C)CCC#N. The standard InChI is InChI=1S/C15H21FN2O/c1-4-19-14-10-12(16)6-7-13(14)18-11-15(2,3)8-5-9-17/h6-7,10,18H,4-5,8,11H2,1-3H3. The molecule has 0 bridgehead atoms. The normalized spacial score (nSPS) is 10.9. The predicted molar refractivity (Wildman–Crippen MR) is 74.7 cm³/mol. The van der Waals surface area contributed by atoms with Crippen molar-refractivity contribution in [3.05, 3.63) is 24.0 Å². The number of halogens is 1. The van der Waals surface area contributed by atoms with Crippen molar-refractivity contribution in [3.63, 3.8) is 0 Å². The second kappa shape index (κ2) is 6.98. The van der Waals surface area contributed by atoms with E-state index in [0.29, 0.717) is 25.3 Å². The van der Waals surface area contributed by atoms with Crippen molar-refractivity contribution >= 4 is 5.69 Å². The monoisotopic (exact) mass is 264 g/mol. The van der Waals surface area contributed by atoms with Crippen LogP contribution in [0.2, 0.25) is 0 Å². The van der Waals surface area contributed by atoms with Crippen LogP contribution in [0.25, 0.3) is 0 Å². The third-order valence-corrected chi connectivity index (χ3v) is 2.91. The summed E-state index contributed by atoms with van der Waals surface area (Å²) in [6.07, 6.45) is 1.36. The molecule has 1 aromatic rings. The summed E-state index contributed by atoms with van der Waals surface area (Å²) < 4.78 is 18.6. The van der Waals surface area contributed by atoms with Gasteiger partial charge in [-0.25, -0.2) is 4.39 Å². The molecule has 0 radical (unpaired) electrons. The molecule has 0 unspecified atom stereocenters. The van der Waals surface area contributed by atoms with E-state index in [9.17, 15) is 4.39 Å². The maximum atomic E-state index is 13.2. The quantitative estimate of drug-likeness (QED) is 0.810. The van der Waals surface area contributed by atoms with Gasteiger partial charge in [0.2, 0.25) is 0 Å². The summed E-state index contributed by atoms with van der Waals surface area (Å²) in [4.78, 5) is 0. The van der Waals surface area contributed by atoms with Crippen molar-refractivity contribution in [1.29, 1.82) is 5.26 Å². The zero-order chi connectivity index (χ0) is 14.3. The highest BCUT2D eigenvalue weighted by Crippen LogP contribution is 2.28. The highest BCUT2D eigenvalue weighted by Gasteiger charge is 2.18. The summed E-state index contributed by atoms with van der Waals surface area (Å²) in [7, 11) is 0. The van der Waals surface area contributed by atoms with Crippen molar-refractivity contribution < 1.29 is 9.13 Å². The second-order valence-corrected chi connectivity index (χ2v) is 5.25. The van der Waals surface area contributed by atoms with Crippen LogP contribution in [-0.4, -0.2) is 13.2 Å². The van der Waals surface area contributed by atoms with Gasteiger partial charge in [0, 0.05) is 19.0 Å². The minimum absolute atomic E-state index is 0.00754. The lowest BCUT2D eigenvalue weighted by Crippen LogP contribution is -2.23. The van der Waals surface area contributed by atoms with Crippen molar-refractivity contribution in [3.8, 4) is 11.8 Å². The number of hydrogen-bond acceptors (Lipinski definition) is 3. The number of anilines is 1. The Hall–Kier alpha value is -1.76. The molecule has 3 nitrogen and oxygen atoms in total. The Balaban J connectivity index is 2.69. The molecule has 19 heavy (non-hydrogen) atoms. The average molecular weight is 264 g/mol. The van der Waals surface area contributed by atoms with Crippen LogP contribution in [0.5, 0.6) is 5.75 Å². The molecule has 0 amide bonds. The van der Waals surface area contributed by atoms with E-state index in [1.54, 1.807) is 6.07 Å². The highest BCUT2D eigenvalue weighted by atomic mass is 19.1. The molecule has 0 saturated heterocycles. The largest absolute Gasteiger partial charge is 0.492 e. The summed E-state index contributed by atoms with van der Waals surface area (Å²) in [5, 5.41) is 11.9. The Kier molecular flexibility index (Phi) is 5.62. The summed E-state index contributed by atoms with van der Waals surface area (Å²) >= 11 is 0. The lowest BCUT2D eigenvalue weighted by atomic mass is 9.88. The molecule has 4 heteroatoms. The van der Waals surface area contributed by atoms with E-state index in [1.807, 2.05) is 6.92 Å². The number of hydrogen-bond donors (Lipinski definition) is 1.